The van der Waals surface area contributed by atoms with Gasteiger partial charge in [-0.3, -0.25) is 4.79 Å². The Hall–Kier alpha value is -0.930. The molecule has 0 fully saturated rings. The molecule has 2 N–H and O–H groups in total. The first-order valence-corrected chi connectivity index (χ1v) is 6.53. The van der Waals surface area contributed by atoms with Crippen LogP contribution in [0.3, 0.4) is 0 Å². The first-order chi connectivity index (χ1) is 8.33. The van der Waals surface area contributed by atoms with Gasteiger partial charge in [-0.05, 0) is 31.4 Å². The summed E-state index contributed by atoms with van der Waals surface area (Å²) in [6.07, 6.45) is 5.07. The van der Waals surface area contributed by atoms with Crippen molar-refractivity contribution in [3.63, 3.8) is 0 Å². The minimum Gasteiger partial charge on any atom is -0.392 e. The Labute approximate surface area is 108 Å². The van der Waals surface area contributed by atoms with E-state index < -0.39 is 11.5 Å². The Morgan fingerprint density at radius 3 is 2.67 bits per heavy atom. The summed E-state index contributed by atoms with van der Waals surface area (Å²) in [4.78, 5) is 11.7. The molecule has 0 aromatic heterocycles. The lowest BCUT2D eigenvalue weighted by atomic mass is 9.55. The van der Waals surface area contributed by atoms with E-state index in [0.717, 1.165) is 18.4 Å². The van der Waals surface area contributed by atoms with Crippen molar-refractivity contribution in [2.45, 2.75) is 46.1 Å². The monoisotopic (exact) mass is 250 g/mol. The Morgan fingerprint density at radius 2 is 2.11 bits per heavy atom. The third kappa shape index (κ3) is 1.77. The fraction of sp³-hybridized carbons (Fsp3) is 0.667. The van der Waals surface area contributed by atoms with E-state index in [0.29, 0.717) is 6.42 Å². The molecule has 0 heterocycles. The molecule has 2 aliphatic carbocycles. The van der Waals surface area contributed by atoms with Crippen molar-refractivity contribution in [1.82, 2.24) is 0 Å². The van der Waals surface area contributed by atoms with Crippen molar-refractivity contribution in [3.05, 3.63) is 23.3 Å². The molecule has 2 aliphatic rings. The average molecular weight is 250 g/mol. The fourth-order valence-corrected chi connectivity index (χ4v) is 3.40. The second-order valence-electron chi connectivity index (χ2n) is 6.18. The minimum absolute atomic E-state index is 0.0567. The molecule has 18 heavy (non-hydrogen) atoms. The van der Waals surface area contributed by atoms with Crippen LogP contribution >= 0.6 is 0 Å². The zero-order valence-electron chi connectivity index (χ0n) is 11.4. The van der Waals surface area contributed by atoms with Crippen LogP contribution in [0.1, 0.15) is 40.0 Å². The lowest BCUT2D eigenvalue weighted by Gasteiger charge is -2.50. The molecule has 0 aliphatic heterocycles. The summed E-state index contributed by atoms with van der Waals surface area (Å²) in [5.41, 5.74) is 1.15. The second-order valence-corrected chi connectivity index (χ2v) is 6.18. The average Bonchev–Trinajstić information content (AvgIpc) is 2.60. The molecule has 0 saturated heterocycles. The first-order valence-electron chi connectivity index (χ1n) is 6.53. The number of carbonyl (C=O) groups excluding carboxylic acids is 1. The largest absolute Gasteiger partial charge is 0.392 e. The van der Waals surface area contributed by atoms with E-state index in [1.807, 2.05) is 26.8 Å². The van der Waals surface area contributed by atoms with E-state index in [1.54, 1.807) is 6.08 Å². The molecule has 0 amide bonds. The van der Waals surface area contributed by atoms with E-state index in [2.05, 4.69) is 0 Å². The summed E-state index contributed by atoms with van der Waals surface area (Å²) in [5, 5.41) is 19.9. The number of carbonyl (C=O) groups is 1. The number of allylic oxidation sites excluding steroid dienone is 2. The van der Waals surface area contributed by atoms with Crippen molar-refractivity contribution in [2.24, 2.45) is 10.8 Å². The number of aliphatic hydroxyl groups is 2. The molecule has 0 radical (unpaired) electrons. The van der Waals surface area contributed by atoms with Crippen LogP contribution in [0.4, 0.5) is 0 Å². The minimum atomic E-state index is -0.558. The Balaban J connectivity index is 2.42. The normalized spacial score (nSPS) is 40.7. The molecule has 3 atom stereocenters. The highest BCUT2D eigenvalue weighted by molar-refractivity contribution is 5.94. The molecule has 0 aromatic carbocycles. The molecule has 0 saturated carbocycles. The highest BCUT2D eigenvalue weighted by atomic mass is 16.3. The second kappa shape index (κ2) is 4.32. The molecule has 0 aromatic rings. The molecule has 3 nitrogen and oxygen atoms in total. The van der Waals surface area contributed by atoms with Crippen LogP contribution in [0, 0.1) is 10.8 Å². The quantitative estimate of drug-likeness (QED) is 0.737. The van der Waals surface area contributed by atoms with Crippen molar-refractivity contribution < 1.29 is 15.0 Å². The predicted octanol–water partition coefficient (Wildman–Crippen LogP) is 1.99. The van der Waals surface area contributed by atoms with Crippen LogP contribution < -0.4 is 0 Å². The zero-order valence-corrected chi connectivity index (χ0v) is 11.4. The zero-order chi connectivity index (χ0) is 13.6. The summed E-state index contributed by atoms with van der Waals surface area (Å²) < 4.78 is 0. The van der Waals surface area contributed by atoms with Gasteiger partial charge in [0.1, 0.15) is 0 Å². The van der Waals surface area contributed by atoms with Crippen LogP contribution in [-0.2, 0) is 4.79 Å². The van der Waals surface area contributed by atoms with Crippen LogP contribution in [0.2, 0.25) is 0 Å². The van der Waals surface area contributed by atoms with Gasteiger partial charge in [0.25, 0.3) is 0 Å². The van der Waals surface area contributed by atoms with Gasteiger partial charge in [-0.25, -0.2) is 0 Å². The third-order valence-electron chi connectivity index (χ3n) is 5.14. The van der Waals surface area contributed by atoms with Crippen LogP contribution in [0.15, 0.2) is 23.3 Å². The van der Waals surface area contributed by atoms with Gasteiger partial charge in [-0.1, -0.05) is 25.5 Å². The van der Waals surface area contributed by atoms with Gasteiger partial charge in [0, 0.05) is 17.3 Å². The predicted molar refractivity (Wildman–Crippen MR) is 70.0 cm³/mol. The number of aliphatic hydroxyl groups excluding tert-OH is 2. The standard InChI is InChI=1S/C15H22O3/c1-10-4-5-14(2,13(18)6-10)15(3)8-12(17)7-11(15)9-16/h6-7,13,16,18H,4-5,8-9H2,1-3H3/t13?,14-,15-/m0/s1. The highest BCUT2D eigenvalue weighted by Crippen LogP contribution is 2.56. The smallest absolute Gasteiger partial charge is 0.156 e. The maximum absolute atomic E-state index is 11.7. The van der Waals surface area contributed by atoms with Crippen LogP contribution in [-0.4, -0.2) is 28.7 Å². The Bertz CT molecular complexity index is 435. The molecule has 0 spiro atoms. The van der Waals surface area contributed by atoms with Crippen molar-refractivity contribution in [3.8, 4) is 0 Å². The Morgan fingerprint density at radius 1 is 1.44 bits per heavy atom. The maximum Gasteiger partial charge on any atom is 0.156 e. The van der Waals surface area contributed by atoms with Gasteiger partial charge in [0.15, 0.2) is 5.78 Å². The van der Waals surface area contributed by atoms with E-state index >= 15 is 0 Å². The molecular weight excluding hydrogens is 228 g/mol. The summed E-state index contributed by atoms with van der Waals surface area (Å²) in [6.45, 7) is 5.95. The van der Waals surface area contributed by atoms with Gasteiger partial charge in [0.05, 0.1) is 12.7 Å². The third-order valence-corrected chi connectivity index (χ3v) is 5.14. The first kappa shape index (κ1) is 13.5. The van der Waals surface area contributed by atoms with Gasteiger partial charge >= 0.3 is 0 Å². The highest BCUT2D eigenvalue weighted by Gasteiger charge is 2.54. The molecular formula is C15H22O3. The summed E-state index contributed by atoms with van der Waals surface area (Å²) >= 11 is 0. The number of rotatable bonds is 2. The maximum atomic E-state index is 11.7. The van der Waals surface area contributed by atoms with Gasteiger partial charge in [0.2, 0.25) is 0 Å². The molecule has 2 rings (SSSR count). The molecule has 0 bridgehead atoms. The van der Waals surface area contributed by atoms with E-state index in [9.17, 15) is 15.0 Å². The lowest BCUT2D eigenvalue weighted by Crippen LogP contribution is -2.48. The summed E-state index contributed by atoms with van der Waals surface area (Å²) in [5.74, 6) is 0.0567. The van der Waals surface area contributed by atoms with E-state index in [4.69, 9.17) is 0 Å². The lowest BCUT2D eigenvalue weighted by molar-refractivity contribution is -0.117. The number of ketones is 1. The molecule has 3 heteroatoms. The van der Waals surface area contributed by atoms with Crippen molar-refractivity contribution >= 4 is 5.78 Å². The van der Waals surface area contributed by atoms with Crippen LogP contribution in [0.25, 0.3) is 0 Å². The summed E-state index contributed by atoms with van der Waals surface area (Å²) in [6, 6.07) is 0. The van der Waals surface area contributed by atoms with Crippen molar-refractivity contribution in [1.29, 1.82) is 0 Å². The fourth-order valence-electron chi connectivity index (χ4n) is 3.40. The van der Waals surface area contributed by atoms with Gasteiger partial charge in [-0.2, -0.15) is 0 Å². The van der Waals surface area contributed by atoms with Crippen molar-refractivity contribution in [2.75, 3.05) is 6.61 Å². The van der Waals surface area contributed by atoms with Gasteiger partial charge < -0.3 is 10.2 Å². The molecule has 100 valence electrons. The number of hydrogen-bond donors (Lipinski definition) is 2. The topological polar surface area (TPSA) is 57.5 Å². The van der Waals surface area contributed by atoms with E-state index in [-0.39, 0.29) is 17.8 Å². The van der Waals surface area contributed by atoms with E-state index in [1.165, 1.54) is 5.57 Å². The SMILES string of the molecule is CC1=CC(O)[C@@](C)([C@@]2(C)CC(=O)C=C2CO)CC1. The molecule has 1 unspecified atom stereocenters. The van der Waals surface area contributed by atoms with Gasteiger partial charge in [-0.15, -0.1) is 0 Å². The number of hydrogen-bond acceptors (Lipinski definition) is 3. The van der Waals surface area contributed by atoms with Crippen LogP contribution in [0.5, 0.6) is 0 Å². The summed E-state index contributed by atoms with van der Waals surface area (Å²) in [7, 11) is 0. The Kier molecular flexibility index (Phi) is 3.24.